The van der Waals surface area contributed by atoms with Crippen molar-refractivity contribution in [3.8, 4) is 11.5 Å². The van der Waals surface area contributed by atoms with Crippen LogP contribution in [0.2, 0.25) is 5.02 Å². The molecular formula is C32H37ClN2O4. The monoisotopic (exact) mass is 548 g/mol. The number of benzene rings is 2. The molecule has 7 heteroatoms. The second kappa shape index (κ2) is 11.1. The summed E-state index contributed by atoms with van der Waals surface area (Å²) < 4.78 is 12.6. The molecule has 206 valence electrons. The Balaban J connectivity index is 1.14. The maximum atomic E-state index is 11.2. The zero-order chi connectivity index (χ0) is 26.9. The second-order valence-electron chi connectivity index (χ2n) is 11.5. The van der Waals surface area contributed by atoms with Crippen molar-refractivity contribution >= 4 is 17.5 Å². The average Bonchev–Trinajstić information content (AvgIpc) is 3.76. The molecule has 3 aliphatic heterocycles. The van der Waals surface area contributed by atoms with Gasteiger partial charge in [0.2, 0.25) is 5.90 Å². The molecule has 1 saturated carbocycles. The number of dihydropyridines is 1. The van der Waals surface area contributed by atoms with Crippen LogP contribution in [0.4, 0.5) is 0 Å². The Labute approximate surface area is 235 Å². The van der Waals surface area contributed by atoms with Gasteiger partial charge < -0.3 is 24.6 Å². The van der Waals surface area contributed by atoms with Crippen molar-refractivity contribution in [3.63, 3.8) is 0 Å². The van der Waals surface area contributed by atoms with Crippen LogP contribution < -0.4 is 9.47 Å². The Morgan fingerprint density at radius 2 is 1.90 bits per heavy atom. The van der Waals surface area contributed by atoms with E-state index >= 15 is 0 Å². The Kier molecular flexibility index (Phi) is 7.56. The highest BCUT2D eigenvalue weighted by Crippen LogP contribution is 2.46. The number of aliphatic hydroxyl groups is 2. The van der Waals surface area contributed by atoms with Gasteiger partial charge in [0.15, 0.2) is 0 Å². The van der Waals surface area contributed by atoms with E-state index in [0.717, 1.165) is 73.8 Å². The van der Waals surface area contributed by atoms with Crippen LogP contribution in [-0.2, 0) is 12.0 Å². The molecule has 1 atom stereocenters. The standard InChI is InChI=1S/C32H37ClN2O4/c33-25-10-8-24(9-11-25)32(37)14-18-35(19-15-32)17-3-4-23-20-27-28(38-22-31(21-36)12-13-31)6-1-7-29(27)39-30-26(23)5-2-16-34-30/h1-2,4-11,26,36-37H,3,12-22H2. The Morgan fingerprint density at radius 3 is 2.64 bits per heavy atom. The number of nitrogens with zero attached hydrogens (tertiary/aromatic N) is 2. The lowest BCUT2D eigenvalue weighted by Gasteiger charge is -2.38. The molecule has 2 N–H and O–H groups in total. The van der Waals surface area contributed by atoms with E-state index in [4.69, 9.17) is 26.1 Å². The molecule has 0 aromatic heterocycles. The summed E-state index contributed by atoms with van der Waals surface area (Å²) in [4.78, 5) is 7.13. The van der Waals surface area contributed by atoms with Gasteiger partial charge in [0, 0.05) is 42.1 Å². The number of likely N-dealkylation sites (tertiary alicyclic amines) is 1. The first kappa shape index (κ1) is 26.6. The van der Waals surface area contributed by atoms with E-state index in [1.54, 1.807) is 0 Å². The molecule has 2 aromatic rings. The summed E-state index contributed by atoms with van der Waals surface area (Å²) in [5.74, 6) is 2.42. The van der Waals surface area contributed by atoms with Crippen LogP contribution in [0.25, 0.3) is 0 Å². The fourth-order valence-electron chi connectivity index (χ4n) is 5.86. The molecule has 2 aromatic carbocycles. The van der Waals surface area contributed by atoms with Gasteiger partial charge in [-0.05, 0) is 61.9 Å². The Bertz CT molecular complexity index is 1270. The van der Waals surface area contributed by atoms with Gasteiger partial charge in [-0.15, -0.1) is 0 Å². The minimum atomic E-state index is -0.786. The lowest BCUT2D eigenvalue weighted by Crippen LogP contribution is -2.42. The fourth-order valence-corrected chi connectivity index (χ4v) is 5.98. The molecular weight excluding hydrogens is 512 g/mol. The molecule has 0 amide bonds. The van der Waals surface area contributed by atoms with Gasteiger partial charge >= 0.3 is 0 Å². The molecule has 39 heavy (non-hydrogen) atoms. The van der Waals surface area contributed by atoms with E-state index in [0.29, 0.717) is 31.0 Å². The van der Waals surface area contributed by atoms with Crippen LogP contribution in [0.5, 0.6) is 11.5 Å². The molecule has 0 bridgehead atoms. The van der Waals surface area contributed by atoms with Crippen LogP contribution in [-0.4, -0.2) is 60.4 Å². The number of fused-ring (bicyclic) bond motifs is 2. The molecule has 1 unspecified atom stereocenters. The first-order valence-electron chi connectivity index (χ1n) is 14.1. The predicted molar refractivity (Wildman–Crippen MR) is 154 cm³/mol. The van der Waals surface area contributed by atoms with Gasteiger partial charge in [0.25, 0.3) is 0 Å². The second-order valence-corrected chi connectivity index (χ2v) is 11.9. The predicted octanol–water partition coefficient (Wildman–Crippen LogP) is 5.31. The van der Waals surface area contributed by atoms with E-state index in [1.807, 2.05) is 42.5 Å². The molecule has 2 fully saturated rings. The van der Waals surface area contributed by atoms with Crippen LogP contribution in [0.3, 0.4) is 0 Å². The summed E-state index contributed by atoms with van der Waals surface area (Å²) in [6.07, 6.45) is 11.8. The van der Waals surface area contributed by atoms with Gasteiger partial charge in [-0.25, -0.2) is 0 Å². The summed E-state index contributed by atoms with van der Waals surface area (Å²) in [6.45, 7) is 3.98. The van der Waals surface area contributed by atoms with Gasteiger partial charge in [-0.2, -0.15) is 0 Å². The molecule has 6 nitrogen and oxygen atoms in total. The van der Waals surface area contributed by atoms with E-state index in [-0.39, 0.29) is 17.9 Å². The van der Waals surface area contributed by atoms with Crippen molar-refractivity contribution < 1.29 is 19.7 Å². The summed E-state index contributed by atoms with van der Waals surface area (Å²) in [6, 6.07) is 13.6. The molecule has 1 aliphatic carbocycles. The number of aliphatic imine (C=N–C) groups is 1. The van der Waals surface area contributed by atoms with Crippen molar-refractivity contribution in [1.29, 1.82) is 0 Å². The van der Waals surface area contributed by atoms with Crippen molar-refractivity contribution in [2.45, 2.75) is 44.1 Å². The lowest BCUT2D eigenvalue weighted by molar-refractivity contribution is -0.0254. The molecule has 0 spiro atoms. The van der Waals surface area contributed by atoms with Gasteiger partial charge in [0.05, 0.1) is 31.3 Å². The topological polar surface area (TPSA) is 74.5 Å². The van der Waals surface area contributed by atoms with Gasteiger partial charge in [-0.3, -0.25) is 4.99 Å². The summed E-state index contributed by atoms with van der Waals surface area (Å²) in [5, 5.41) is 21.7. The number of hydrogen-bond donors (Lipinski definition) is 2. The first-order valence-corrected chi connectivity index (χ1v) is 14.5. The first-order chi connectivity index (χ1) is 19.0. The maximum absolute atomic E-state index is 11.2. The number of halogens is 1. The number of piperidine rings is 1. The van der Waals surface area contributed by atoms with Gasteiger partial charge in [-0.1, -0.05) is 53.6 Å². The third-order valence-corrected chi connectivity index (χ3v) is 9.03. The van der Waals surface area contributed by atoms with E-state index in [1.165, 1.54) is 5.57 Å². The third kappa shape index (κ3) is 5.80. The zero-order valence-electron chi connectivity index (χ0n) is 22.3. The molecule has 3 heterocycles. The number of ether oxygens (including phenoxy) is 2. The quantitative estimate of drug-likeness (QED) is 0.437. The smallest absolute Gasteiger partial charge is 0.201 e. The van der Waals surface area contributed by atoms with Crippen LogP contribution >= 0.6 is 11.6 Å². The highest BCUT2D eigenvalue weighted by atomic mass is 35.5. The van der Waals surface area contributed by atoms with E-state index < -0.39 is 5.60 Å². The largest absolute Gasteiger partial charge is 0.492 e. The van der Waals surface area contributed by atoms with Crippen molar-refractivity contribution in [2.75, 3.05) is 39.4 Å². The van der Waals surface area contributed by atoms with E-state index in [2.05, 4.69) is 23.1 Å². The van der Waals surface area contributed by atoms with Crippen molar-refractivity contribution in [3.05, 3.63) is 82.4 Å². The minimum Gasteiger partial charge on any atom is -0.492 e. The Hall–Kier alpha value is -2.64. The SMILES string of the molecule is OCC1(COc2cccc3c2CC(=CCCN2CCC(O)(c4ccc(Cl)cc4)CC2)C2C=CCN=C2O3)CC1. The molecule has 6 rings (SSSR count). The average molecular weight is 549 g/mol. The number of aliphatic hydroxyl groups excluding tert-OH is 1. The summed E-state index contributed by atoms with van der Waals surface area (Å²) in [5.41, 5.74) is 2.41. The van der Waals surface area contributed by atoms with Crippen LogP contribution in [0.1, 0.15) is 43.2 Å². The normalized spacial score (nSPS) is 24.2. The van der Waals surface area contributed by atoms with Crippen LogP contribution in [0.15, 0.2) is 71.3 Å². The highest BCUT2D eigenvalue weighted by molar-refractivity contribution is 6.30. The molecule has 4 aliphatic rings. The van der Waals surface area contributed by atoms with Crippen molar-refractivity contribution in [1.82, 2.24) is 4.90 Å². The number of hydrogen-bond acceptors (Lipinski definition) is 6. The van der Waals surface area contributed by atoms with Crippen molar-refractivity contribution in [2.24, 2.45) is 16.3 Å². The van der Waals surface area contributed by atoms with Gasteiger partial charge in [0.1, 0.15) is 11.5 Å². The van der Waals surface area contributed by atoms with Crippen LogP contribution in [0, 0.1) is 11.3 Å². The maximum Gasteiger partial charge on any atom is 0.201 e. The summed E-state index contributed by atoms with van der Waals surface area (Å²) >= 11 is 6.04. The number of rotatable bonds is 8. The lowest BCUT2D eigenvalue weighted by atomic mass is 9.84. The summed E-state index contributed by atoms with van der Waals surface area (Å²) in [7, 11) is 0. The Morgan fingerprint density at radius 1 is 1.10 bits per heavy atom. The minimum absolute atomic E-state index is 0.0302. The molecule has 1 saturated heterocycles. The third-order valence-electron chi connectivity index (χ3n) is 8.78. The fraction of sp³-hybridized carbons (Fsp3) is 0.469. The van der Waals surface area contributed by atoms with E-state index in [9.17, 15) is 10.2 Å². The molecule has 0 radical (unpaired) electrons. The zero-order valence-corrected chi connectivity index (χ0v) is 23.1. The highest BCUT2D eigenvalue weighted by Gasteiger charge is 2.43.